The summed E-state index contributed by atoms with van der Waals surface area (Å²) < 4.78 is 1.74. The van der Waals surface area contributed by atoms with E-state index < -0.39 is 0 Å². The monoisotopic (exact) mass is 226 g/mol. The van der Waals surface area contributed by atoms with Gasteiger partial charge in [0.25, 0.3) is 0 Å². The van der Waals surface area contributed by atoms with Crippen LogP contribution < -0.4 is 0 Å². The highest BCUT2D eigenvalue weighted by molar-refractivity contribution is 6.36. The van der Waals surface area contributed by atoms with Crippen molar-refractivity contribution in [2.24, 2.45) is 7.05 Å². The summed E-state index contributed by atoms with van der Waals surface area (Å²) in [5, 5.41) is 5.37. The number of aryl methyl sites for hydroxylation is 1. The third-order valence-corrected chi connectivity index (χ3v) is 2.49. The molecule has 0 amide bonds. The predicted molar refractivity (Wildman–Crippen MR) is 58.7 cm³/mol. The number of hydrogen-bond donors (Lipinski definition) is 0. The second-order valence-electron chi connectivity index (χ2n) is 3.03. The molecule has 0 N–H and O–H groups in total. The fraction of sp³-hybridized carbons (Fsp3) is 0.100. The average Bonchev–Trinajstić information content (AvgIpc) is 2.51. The van der Waals surface area contributed by atoms with Crippen molar-refractivity contribution in [2.75, 3.05) is 0 Å². The van der Waals surface area contributed by atoms with E-state index in [0.717, 1.165) is 11.1 Å². The van der Waals surface area contributed by atoms with Crippen LogP contribution >= 0.6 is 23.2 Å². The Kier molecular flexibility index (Phi) is 2.48. The second-order valence-corrected chi connectivity index (χ2v) is 3.87. The SMILES string of the molecule is Cn1cc(-c2ccc(Cl)cc2Cl)cn1. The number of aromatic nitrogens is 2. The Morgan fingerprint density at radius 2 is 2.07 bits per heavy atom. The lowest BCUT2D eigenvalue weighted by atomic mass is 10.1. The molecule has 2 rings (SSSR count). The fourth-order valence-electron chi connectivity index (χ4n) is 1.28. The largest absolute Gasteiger partial charge is 0.275 e. The molecule has 0 atom stereocenters. The maximum Gasteiger partial charge on any atom is 0.0568 e. The predicted octanol–water partition coefficient (Wildman–Crippen LogP) is 3.39. The Morgan fingerprint density at radius 1 is 1.29 bits per heavy atom. The van der Waals surface area contributed by atoms with Crippen LogP contribution in [-0.4, -0.2) is 9.78 Å². The maximum absolute atomic E-state index is 6.05. The molecule has 4 heteroatoms. The minimum absolute atomic E-state index is 0.641. The molecule has 0 aliphatic rings. The molecule has 2 aromatic rings. The van der Waals surface area contributed by atoms with Gasteiger partial charge in [0.15, 0.2) is 0 Å². The zero-order valence-corrected chi connectivity index (χ0v) is 9.05. The van der Waals surface area contributed by atoms with Crippen molar-refractivity contribution in [1.82, 2.24) is 9.78 Å². The van der Waals surface area contributed by atoms with Crippen LogP contribution in [0.5, 0.6) is 0 Å². The highest BCUT2D eigenvalue weighted by atomic mass is 35.5. The van der Waals surface area contributed by atoms with E-state index in [1.165, 1.54) is 0 Å². The normalized spacial score (nSPS) is 10.5. The third kappa shape index (κ3) is 1.76. The van der Waals surface area contributed by atoms with E-state index in [0.29, 0.717) is 10.0 Å². The molecule has 14 heavy (non-hydrogen) atoms. The Bertz CT molecular complexity index is 463. The minimum atomic E-state index is 0.641. The molecule has 0 radical (unpaired) electrons. The third-order valence-electron chi connectivity index (χ3n) is 1.95. The van der Waals surface area contributed by atoms with Gasteiger partial charge in [0.2, 0.25) is 0 Å². The number of benzene rings is 1. The Labute approximate surface area is 92.1 Å². The first-order valence-corrected chi connectivity index (χ1v) is 4.86. The first-order valence-electron chi connectivity index (χ1n) is 4.11. The van der Waals surface area contributed by atoms with Crippen molar-refractivity contribution in [3.8, 4) is 11.1 Å². The van der Waals surface area contributed by atoms with E-state index in [1.807, 2.05) is 25.4 Å². The zero-order chi connectivity index (χ0) is 10.1. The zero-order valence-electron chi connectivity index (χ0n) is 7.54. The summed E-state index contributed by atoms with van der Waals surface area (Å²) >= 11 is 11.9. The summed E-state index contributed by atoms with van der Waals surface area (Å²) in [6.45, 7) is 0. The number of halogens is 2. The van der Waals surface area contributed by atoms with Gasteiger partial charge in [-0.3, -0.25) is 4.68 Å². The Morgan fingerprint density at radius 3 is 2.64 bits per heavy atom. The molecule has 0 saturated carbocycles. The van der Waals surface area contributed by atoms with Gasteiger partial charge in [-0.1, -0.05) is 29.3 Å². The highest BCUT2D eigenvalue weighted by Gasteiger charge is 2.05. The van der Waals surface area contributed by atoms with Crippen molar-refractivity contribution < 1.29 is 0 Å². The summed E-state index contributed by atoms with van der Waals surface area (Å²) in [5.74, 6) is 0. The van der Waals surface area contributed by atoms with Crippen molar-refractivity contribution in [3.05, 3.63) is 40.6 Å². The van der Waals surface area contributed by atoms with Crippen molar-refractivity contribution in [1.29, 1.82) is 0 Å². The molecule has 2 nitrogen and oxygen atoms in total. The van der Waals surface area contributed by atoms with Crippen LogP contribution in [0, 0.1) is 0 Å². The van der Waals surface area contributed by atoms with Gasteiger partial charge in [-0.25, -0.2) is 0 Å². The van der Waals surface area contributed by atoms with Crippen LogP contribution in [0.25, 0.3) is 11.1 Å². The number of nitrogens with zero attached hydrogens (tertiary/aromatic N) is 2. The molecule has 0 spiro atoms. The second kappa shape index (κ2) is 3.64. The first-order chi connectivity index (χ1) is 6.66. The molecule has 0 aliphatic carbocycles. The fourth-order valence-corrected chi connectivity index (χ4v) is 1.80. The summed E-state index contributed by atoms with van der Waals surface area (Å²) in [5.41, 5.74) is 1.94. The van der Waals surface area contributed by atoms with Gasteiger partial charge in [-0.2, -0.15) is 5.10 Å². The van der Waals surface area contributed by atoms with Crippen LogP contribution in [0.1, 0.15) is 0 Å². The molecule has 1 heterocycles. The quantitative estimate of drug-likeness (QED) is 0.730. The number of rotatable bonds is 1. The molecule has 72 valence electrons. The standard InChI is InChI=1S/C10H8Cl2N2/c1-14-6-7(5-13-14)9-3-2-8(11)4-10(9)12/h2-6H,1H3. The lowest BCUT2D eigenvalue weighted by Gasteiger charge is -2.00. The van der Waals surface area contributed by atoms with Crippen LogP contribution in [0.4, 0.5) is 0 Å². The average molecular weight is 227 g/mol. The highest BCUT2D eigenvalue weighted by Crippen LogP contribution is 2.29. The van der Waals surface area contributed by atoms with E-state index in [2.05, 4.69) is 5.10 Å². The maximum atomic E-state index is 6.05. The molecular weight excluding hydrogens is 219 g/mol. The van der Waals surface area contributed by atoms with E-state index in [4.69, 9.17) is 23.2 Å². The van der Waals surface area contributed by atoms with E-state index in [-0.39, 0.29) is 0 Å². The van der Waals surface area contributed by atoms with Crippen molar-refractivity contribution in [3.63, 3.8) is 0 Å². The molecule has 0 bridgehead atoms. The molecule has 0 unspecified atom stereocenters. The molecule has 0 aliphatic heterocycles. The van der Waals surface area contributed by atoms with Gasteiger partial charge in [0.1, 0.15) is 0 Å². The van der Waals surface area contributed by atoms with Crippen LogP contribution in [0.3, 0.4) is 0 Å². The topological polar surface area (TPSA) is 17.8 Å². The Balaban J connectivity index is 2.52. The summed E-state index contributed by atoms with van der Waals surface area (Å²) in [7, 11) is 1.87. The van der Waals surface area contributed by atoms with Crippen LogP contribution in [0.2, 0.25) is 10.0 Å². The molecule has 1 aromatic carbocycles. The van der Waals surface area contributed by atoms with Crippen molar-refractivity contribution >= 4 is 23.2 Å². The van der Waals surface area contributed by atoms with Gasteiger partial charge < -0.3 is 0 Å². The van der Waals surface area contributed by atoms with Gasteiger partial charge in [-0.05, 0) is 12.1 Å². The summed E-state index contributed by atoms with van der Waals surface area (Å²) in [6, 6.07) is 5.43. The molecule has 1 aromatic heterocycles. The van der Waals surface area contributed by atoms with E-state index in [9.17, 15) is 0 Å². The minimum Gasteiger partial charge on any atom is -0.275 e. The number of hydrogen-bond acceptors (Lipinski definition) is 1. The van der Waals surface area contributed by atoms with Crippen molar-refractivity contribution in [2.45, 2.75) is 0 Å². The lowest BCUT2D eigenvalue weighted by molar-refractivity contribution is 0.768. The lowest BCUT2D eigenvalue weighted by Crippen LogP contribution is -1.84. The van der Waals surface area contributed by atoms with Gasteiger partial charge in [-0.15, -0.1) is 0 Å². The Hall–Kier alpha value is -0.990. The molecule has 0 fully saturated rings. The van der Waals surface area contributed by atoms with Gasteiger partial charge in [0.05, 0.1) is 6.20 Å². The molecule has 0 saturated heterocycles. The first kappa shape index (κ1) is 9.56. The van der Waals surface area contributed by atoms with Crippen LogP contribution in [0.15, 0.2) is 30.6 Å². The van der Waals surface area contributed by atoms with Crippen LogP contribution in [-0.2, 0) is 7.05 Å². The smallest absolute Gasteiger partial charge is 0.0568 e. The van der Waals surface area contributed by atoms with Gasteiger partial charge in [0, 0.05) is 34.4 Å². The summed E-state index contributed by atoms with van der Waals surface area (Å²) in [6.07, 6.45) is 3.68. The van der Waals surface area contributed by atoms with E-state index in [1.54, 1.807) is 16.9 Å². The van der Waals surface area contributed by atoms with Gasteiger partial charge >= 0.3 is 0 Å². The van der Waals surface area contributed by atoms with E-state index >= 15 is 0 Å². The summed E-state index contributed by atoms with van der Waals surface area (Å²) in [4.78, 5) is 0. The molecular formula is C10H8Cl2N2.